The Morgan fingerprint density at radius 1 is 1.59 bits per heavy atom. The molecule has 0 aliphatic rings. The van der Waals surface area contributed by atoms with E-state index in [-0.39, 0.29) is 31.1 Å². The van der Waals surface area contributed by atoms with Gasteiger partial charge in [-0.05, 0) is 11.4 Å². The molecule has 1 amide bonds. The van der Waals surface area contributed by atoms with E-state index in [1.54, 1.807) is 24.6 Å². The zero-order valence-electron chi connectivity index (χ0n) is 12.5. The van der Waals surface area contributed by atoms with Gasteiger partial charge in [-0.3, -0.25) is 9.48 Å². The number of carbonyl (C=O) groups excluding carboxylic acids is 1. The van der Waals surface area contributed by atoms with E-state index in [2.05, 4.69) is 10.4 Å². The summed E-state index contributed by atoms with van der Waals surface area (Å²) in [7, 11) is 3.19. The van der Waals surface area contributed by atoms with Crippen LogP contribution in [0.15, 0.2) is 23.7 Å². The molecule has 1 atom stereocenters. The lowest BCUT2D eigenvalue weighted by Crippen LogP contribution is -2.29. The second-order valence-corrected chi connectivity index (χ2v) is 5.51. The first-order valence-electron chi connectivity index (χ1n) is 6.77. The van der Waals surface area contributed by atoms with Gasteiger partial charge in [0.05, 0.1) is 20.3 Å². The van der Waals surface area contributed by atoms with Crippen LogP contribution in [-0.4, -0.2) is 47.7 Å². The van der Waals surface area contributed by atoms with Crippen molar-refractivity contribution in [3.8, 4) is 5.88 Å². The molecule has 2 heterocycles. The number of thiophene rings is 1. The number of aliphatic hydroxyl groups is 1. The van der Waals surface area contributed by atoms with Crippen LogP contribution in [0.5, 0.6) is 5.88 Å². The highest BCUT2D eigenvalue weighted by atomic mass is 32.1. The standard InChI is InChI=1S/C14H19N3O4S/c1-17-9-10(14(16-17)20-2)13(19)15-8-11(21-6-5-18)12-4-3-7-22-12/h3-4,7,9,11,18H,5-6,8H2,1-2H3,(H,15,19). The Kier molecular flexibility index (Phi) is 5.93. The van der Waals surface area contributed by atoms with E-state index >= 15 is 0 Å². The van der Waals surface area contributed by atoms with Crippen molar-refractivity contribution in [2.24, 2.45) is 7.05 Å². The summed E-state index contributed by atoms with van der Waals surface area (Å²) in [5.41, 5.74) is 0.372. The second-order valence-electron chi connectivity index (χ2n) is 4.53. The summed E-state index contributed by atoms with van der Waals surface area (Å²) in [5.74, 6) is 0.00283. The van der Waals surface area contributed by atoms with Crippen molar-refractivity contribution in [3.05, 3.63) is 34.2 Å². The van der Waals surface area contributed by atoms with E-state index in [0.717, 1.165) is 4.88 Å². The van der Waals surface area contributed by atoms with Crippen molar-refractivity contribution in [1.29, 1.82) is 0 Å². The predicted octanol–water partition coefficient (Wildman–Crippen LogP) is 0.970. The third kappa shape index (κ3) is 4.06. The van der Waals surface area contributed by atoms with E-state index in [9.17, 15) is 4.79 Å². The normalized spacial score (nSPS) is 12.1. The topological polar surface area (TPSA) is 85.6 Å². The number of ether oxygens (including phenoxy) is 2. The smallest absolute Gasteiger partial charge is 0.258 e. The fourth-order valence-corrected chi connectivity index (χ4v) is 2.74. The summed E-state index contributed by atoms with van der Waals surface area (Å²) >= 11 is 1.54. The van der Waals surface area contributed by atoms with E-state index < -0.39 is 0 Å². The van der Waals surface area contributed by atoms with Crippen LogP contribution in [-0.2, 0) is 11.8 Å². The van der Waals surface area contributed by atoms with Crippen LogP contribution in [0.4, 0.5) is 0 Å². The molecular weight excluding hydrogens is 306 g/mol. The van der Waals surface area contributed by atoms with Crippen molar-refractivity contribution in [1.82, 2.24) is 15.1 Å². The fourth-order valence-electron chi connectivity index (χ4n) is 1.97. The molecule has 0 aromatic carbocycles. The van der Waals surface area contributed by atoms with E-state index in [0.29, 0.717) is 12.1 Å². The Hall–Kier alpha value is -1.90. The first-order chi connectivity index (χ1) is 10.7. The van der Waals surface area contributed by atoms with Crippen LogP contribution in [0.3, 0.4) is 0 Å². The molecule has 2 N–H and O–H groups in total. The molecule has 0 aliphatic heterocycles. The number of methoxy groups -OCH3 is 1. The summed E-state index contributed by atoms with van der Waals surface area (Å²) in [5, 5.41) is 17.7. The molecule has 0 aliphatic carbocycles. The monoisotopic (exact) mass is 325 g/mol. The van der Waals surface area contributed by atoms with Crippen LogP contribution in [0.2, 0.25) is 0 Å². The maximum atomic E-state index is 12.2. The first-order valence-corrected chi connectivity index (χ1v) is 7.65. The van der Waals surface area contributed by atoms with Crippen molar-refractivity contribution in [3.63, 3.8) is 0 Å². The lowest BCUT2D eigenvalue weighted by atomic mass is 10.2. The molecule has 0 radical (unpaired) electrons. The summed E-state index contributed by atoms with van der Waals surface area (Å²) < 4.78 is 12.2. The number of rotatable bonds is 8. The van der Waals surface area contributed by atoms with E-state index in [1.165, 1.54) is 11.8 Å². The highest BCUT2D eigenvalue weighted by Gasteiger charge is 2.19. The molecule has 2 aromatic rings. The quantitative estimate of drug-likeness (QED) is 0.755. The Morgan fingerprint density at radius 2 is 2.41 bits per heavy atom. The molecular formula is C14H19N3O4S. The van der Waals surface area contributed by atoms with Gasteiger partial charge in [-0.1, -0.05) is 6.07 Å². The average Bonchev–Trinajstić information content (AvgIpc) is 3.16. The molecule has 2 rings (SSSR count). The number of aromatic nitrogens is 2. The maximum Gasteiger partial charge on any atom is 0.258 e. The SMILES string of the molecule is COc1nn(C)cc1C(=O)NCC(OCCO)c1cccs1. The minimum atomic E-state index is -0.293. The number of carbonyl (C=O) groups is 1. The van der Waals surface area contributed by atoms with Crippen molar-refractivity contribution in [2.75, 3.05) is 26.9 Å². The highest BCUT2D eigenvalue weighted by molar-refractivity contribution is 7.10. The minimum absolute atomic E-state index is 0.0632. The van der Waals surface area contributed by atoms with Crippen LogP contribution in [0, 0.1) is 0 Å². The Bertz CT molecular complexity index is 597. The maximum absolute atomic E-state index is 12.2. The zero-order chi connectivity index (χ0) is 15.9. The molecule has 0 fully saturated rings. The van der Waals surface area contributed by atoms with E-state index in [1.807, 2.05) is 17.5 Å². The van der Waals surface area contributed by atoms with Gasteiger partial charge in [0.2, 0.25) is 5.88 Å². The van der Waals surface area contributed by atoms with E-state index in [4.69, 9.17) is 14.6 Å². The fraction of sp³-hybridized carbons (Fsp3) is 0.429. The number of hydrogen-bond acceptors (Lipinski definition) is 6. The summed E-state index contributed by atoms with van der Waals surface area (Å²) in [4.78, 5) is 13.2. The van der Waals surface area contributed by atoms with Crippen LogP contribution in [0.1, 0.15) is 21.3 Å². The molecule has 0 spiro atoms. The van der Waals surface area contributed by atoms with Gasteiger partial charge in [0.25, 0.3) is 5.91 Å². The minimum Gasteiger partial charge on any atom is -0.479 e. The molecule has 0 saturated heterocycles. The van der Waals surface area contributed by atoms with Gasteiger partial charge in [0.1, 0.15) is 11.7 Å². The molecule has 7 nitrogen and oxygen atoms in total. The number of nitrogens with zero attached hydrogens (tertiary/aromatic N) is 2. The van der Waals surface area contributed by atoms with Crippen molar-refractivity contribution < 1.29 is 19.4 Å². The number of nitrogens with one attached hydrogen (secondary N) is 1. The van der Waals surface area contributed by atoms with Gasteiger partial charge in [-0.25, -0.2) is 0 Å². The predicted molar refractivity (Wildman–Crippen MR) is 82.2 cm³/mol. The van der Waals surface area contributed by atoms with Gasteiger partial charge < -0.3 is 19.9 Å². The third-order valence-electron chi connectivity index (χ3n) is 2.95. The van der Waals surface area contributed by atoms with Gasteiger partial charge in [0, 0.05) is 24.7 Å². The van der Waals surface area contributed by atoms with Gasteiger partial charge in [-0.15, -0.1) is 16.4 Å². The largest absolute Gasteiger partial charge is 0.479 e. The molecule has 22 heavy (non-hydrogen) atoms. The molecule has 2 aromatic heterocycles. The number of aliphatic hydroxyl groups excluding tert-OH is 1. The number of aryl methyl sites for hydroxylation is 1. The highest BCUT2D eigenvalue weighted by Crippen LogP contribution is 2.22. The lowest BCUT2D eigenvalue weighted by Gasteiger charge is -2.16. The molecule has 0 bridgehead atoms. The van der Waals surface area contributed by atoms with Gasteiger partial charge >= 0.3 is 0 Å². The Labute approximate surface area is 132 Å². The average molecular weight is 325 g/mol. The second kappa shape index (κ2) is 7.92. The van der Waals surface area contributed by atoms with Gasteiger partial charge in [-0.2, -0.15) is 0 Å². The van der Waals surface area contributed by atoms with Gasteiger partial charge in [0.15, 0.2) is 0 Å². The third-order valence-corrected chi connectivity index (χ3v) is 3.92. The number of amides is 1. The zero-order valence-corrected chi connectivity index (χ0v) is 13.3. The van der Waals surface area contributed by atoms with Crippen LogP contribution >= 0.6 is 11.3 Å². The van der Waals surface area contributed by atoms with Crippen LogP contribution in [0.25, 0.3) is 0 Å². The summed E-state index contributed by atoms with van der Waals surface area (Å²) in [6.07, 6.45) is 1.31. The molecule has 0 saturated carbocycles. The summed E-state index contributed by atoms with van der Waals surface area (Å²) in [6.45, 7) is 0.457. The first kappa shape index (κ1) is 16.5. The molecule has 8 heteroatoms. The molecule has 120 valence electrons. The Balaban J connectivity index is 2.00. The lowest BCUT2D eigenvalue weighted by molar-refractivity contribution is 0.0295. The Morgan fingerprint density at radius 3 is 3.05 bits per heavy atom. The van der Waals surface area contributed by atoms with Crippen molar-refractivity contribution >= 4 is 17.2 Å². The summed E-state index contributed by atoms with van der Waals surface area (Å²) in [6, 6.07) is 3.85. The molecule has 1 unspecified atom stereocenters. The van der Waals surface area contributed by atoms with Crippen molar-refractivity contribution in [2.45, 2.75) is 6.10 Å². The number of hydrogen-bond donors (Lipinski definition) is 2. The van der Waals surface area contributed by atoms with Crippen LogP contribution < -0.4 is 10.1 Å².